The average molecular weight is 154 g/mol. The molecule has 0 heterocycles. The van der Waals surface area contributed by atoms with Crippen molar-refractivity contribution in [1.82, 2.24) is 0 Å². The van der Waals surface area contributed by atoms with Crippen LogP contribution in [0.25, 0.3) is 0 Å². The number of allylic oxidation sites excluding steroid dienone is 3. The third kappa shape index (κ3) is 7.34. The summed E-state index contributed by atoms with van der Waals surface area (Å²) in [7, 11) is 0. The van der Waals surface area contributed by atoms with E-state index in [4.69, 9.17) is 5.11 Å². The first-order chi connectivity index (χ1) is 5.31. The molecule has 0 rings (SSSR count). The minimum atomic E-state index is -0.249. The monoisotopic (exact) mass is 154 g/mol. The third-order valence-corrected chi connectivity index (χ3v) is 1.51. The molecule has 1 atom stereocenters. The summed E-state index contributed by atoms with van der Waals surface area (Å²) in [5, 5.41) is 9.11. The fraction of sp³-hybridized carbons (Fsp3) is 0.600. The lowest BCUT2D eigenvalue weighted by Gasteiger charge is -1.97. The van der Waals surface area contributed by atoms with Crippen molar-refractivity contribution in [3.8, 4) is 0 Å². The minimum Gasteiger partial charge on any atom is -0.389 e. The Labute approximate surface area is 69.4 Å². The van der Waals surface area contributed by atoms with Gasteiger partial charge in [-0.2, -0.15) is 0 Å². The Balaban J connectivity index is 3.29. The van der Waals surface area contributed by atoms with E-state index in [0.717, 1.165) is 19.3 Å². The summed E-state index contributed by atoms with van der Waals surface area (Å²) in [6.07, 6.45) is 10.7. The highest BCUT2D eigenvalue weighted by Gasteiger charge is 1.89. The van der Waals surface area contributed by atoms with Crippen molar-refractivity contribution in [2.24, 2.45) is 0 Å². The molecule has 1 N–H and O–H groups in total. The molecule has 0 aliphatic rings. The molecule has 0 saturated carbocycles. The van der Waals surface area contributed by atoms with Gasteiger partial charge in [0.25, 0.3) is 0 Å². The van der Waals surface area contributed by atoms with Crippen LogP contribution in [-0.2, 0) is 0 Å². The van der Waals surface area contributed by atoms with Crippen molar-refractivity contribution in [3.05, 3.63) is 24.3 Å². The lowest BCUT2D eigenvalue weighted by atomic mass is 10.2. The standard InChI is InChI=1S/C10H18O/c1-3-5-6-7-8-9-10(11)4-2/h3,5,8-11H,4,6-7H2,1-2H3. The van der Waals surface area contributed by atoms with Gasteiger partial charge in [0.15, 0.2) is 0 Å². The number of hydrogen-bond acceptors (Lipinski definition) is 1. The Morgan fingerprint density at radius 2 is 1.91 bits per heavy atom. The first-order valence-corrected chi connectivity index (χ1v) is 4.27. The molecule has 1 unspecified atom stereocenters. The van der Waals surface area contributed by atoms with Crippen LogP contribution in [0, 0.1) is 0 Å². The molecule has 0 aliphatic carbocycles. The van der Waals surface area contributed by atoms with E-state index in [1.165, 1.54) is 0 Å². The van der Waals surface area contributed by atoms with Gasteiger partial charge in [-0.05, 0) is 26.2 Å². The molecule has 1 heteroatoms. The Hall–Kier alpha value is -0.560. The normalized spacial score (nSPS) is 14.8. The van der Waals surface area contributed by atoms with Gasteiger partial charge in [0.2, 0.25) is 0 Å². The number of hydrogen-bond donors (Lipinski definition) is 1. The van der Waals surface area contributed by atoms with Crippen LogP contribution in [0.1, 0.15) is 33.1 Å². The predicted octanol–water partition coefficient (Wildman–Crippen LogP) is 2.67. The number of unbranched alkanes of at least 4 members (excludes halogenated alkanes) is 1. The fourth-order valence-electron chi connectivity index (χ4n) is 0.749. The summed E-state index contributed by atoms with van der Waals surface area (Å²) in [5.74, 6) is 0. The van der Waals surface area contributed by atoms with Crippen LogP contribution in [0.2, 0.25) is 0 Å². The maximum Gasteiger partial charge on any atom is 0.0718 e. The van der Waals surface area contributed by atoms with E-state index in [1.54, 1.807) is 0 Å². The molecule has 0 saturated heterocycles. The van der Waals surface area contributed by atoms with Gasteiger partial charge in [-0.1, -0.05) is 31.2 Å². The van der Waals surface area contributed by atoms with Gasteiger partial charge in [0, 0.05) is 0 Å². The van der Waals surface area contributed by atoms with Gasteiger partial charge in [-0.3, -0.25) is 0 Å². The highest BCUT2D eigenvalue weighted by Crippen LogP contribution is 1.96. The van der Waals surface area contributed by atoms with E-state index in [-0.39, 0.29) is 6.10 Å². The minimum absolute atomic E-state index is 0.249. The van der Waals surface area contributed by atoms with E-state index in [1.807, 2.05) is 32.1 Å². The van der Waals surface area contributed by atoms with Crippen LogP contribution in [-0.4, -0.2) is 11.2 Å². The zero-order valence-corrected chi connectivity index (χ0v) is 7.46. The second-order valence-corrected chi connectivity index (χ2v) is 2.55. The largest absolute Gasteiger partial charge is 0.389 e. The molecule has 0 radical (unpaired) electrons. The topological polar surface area (TPSA) is 20.2 Å². The molecule has 0 fully saturated rings. The molecule has 0 aromatic carbocycles. The third-order valence-electron chi connectivity index (χ3n) is 1.51. The highest BCUT2D eigenvalue weighted by atomic mass is 16.3. The Bertz CT molecular complexity index is 125. The molecule has 0 bridgehead atoms. The molecule has 0 amide bonds. The van der Waals surface area contributed by atoms with Crippen LogP contribution in [0.5, 0.6) is 0 Å². The summed E-state index contributed by atoms with van der Waals surface area (Å²) >= 11 is 0. The summed E-state index contributed by atoms with van der Waals surface area (Å²) < 4.78 is 0. The van der Waals surface area contributed by atoms with Crippen molar-refractivity contribution in [2.45, 2.75) is 39.2 Å². The second-order valence-electron chi connectivity index (χ2n) is 2.55. The van der Waals surface area contributed by atoms with Gasteiger partial charge >= 0.3 is 0 Å². The van der Waals surface area contributed by atoms with Crippen molar-refractivity contribution in [2.75, 3.05) is 0 Å². The molecule has 64 valence electrons. The lowest BCUT2D eigenvalue weighted by molar-refractivity contribution is 0.219. The van der Waals surface area contributed by atoms with Gasteiger partial charge in [0.1, 0.15) is 0 Å². The van der Waals surface area contributed by atoms with Gasteiger partial charge < -0.3 is 5.11 Å². The first-order valence-electron chi connectivity index (χ1n) is 4.27. The van der Waals surface area contributed by atoms with E-state index in [9.17, 15) is 0 Å². The Kier molecular flexibility index (Phi) is 7.16. The molecule has 0 aliphatic heterocycles. The molecular formula is C10H18O. The second kappa shape index (κ2) is 7.55. The lowest BCUT2D eigenvalue weighted by Crippen LogP contribution is -1.97. The van der Waals surface area contributed by atoms with Crippen LogP contribution in [0.15, 0.2) is 24.3 Å². The van der Waals surface area contributed by atoms with Gasteiger partial charge in [-0.25, -0.2) is 0 Å². The van der Waals surface area contributed by atoms with Crippen LogP contribution >= 0.6 is 0 Å². The zero-order chi connectivity index (χ0) is 8.53. The Morgan fingerprint density at radius 1 is 1.27 bits per heavy atom. The number of rotatable bonds is 5. The van der Waals surface area contributed by atoms with Crippen molar-refractivity contribution in [1.29, 1.82) is 0 Å². The van der Waals surface area contributed by atoms with Crippen molar-refractivity contribution in [3.63, 3.8) is 0 Å². The summed E-state index contributed by atoms with van der Waals surface area (Å²) in [5.41, 5.74) is 0. The van der Waals surface area contributed by atoms with E-state index >= 15 is 0 Å². The summed E-state index contributed by atoms with van der Waals surface area (Å²) in [4.78, 5) is 0. The smallest absolute Gasteiger partial charge is 0.0718 e. The molecule has 1 nitrogen and oxygen atoms in total. The highest BCUT2D eigenvalue weighted by molar-refractivity contribution is 4.90. The van der Waals surface area contributed by atoms with E-state index in [0.29, 0.717) is 0 Å². The van der Waals surface area contributed by atoms with Crippen LogP contribution in [0.3, 0.4) is 0 Å². The molecular weight excluding hydrogens is 136 g/mol. The zero-order valence-electron chi connectivity index (χ0n) is 7.46. The van der Waals surface area contributed by atoms with Crippen molar-refractivity contribution < 1.29 is 5.11 Å². The maximum absolute atomic E-state index is 9.11. The number of aliphatic hydroxyl groups excluding tert-OH is 1. The molecule has 11 heavy (non-hydrogen) atoms. The maximum atomic E-state index is 9.11. The Morgan fingerprint density at radius 3 is 2.45 bits per heavy atom. The van der Waals surface area contributed by atoms with Crippen LogP contribution < -0.4 is 0 Å². The van der Waals surface area contributed by atoms with Crippen LogP contribution in [0.4, 0.5) is 0 Å². The first kappa shape index (κ1) is 10.4. The molecule has 0 spiro atoms. The SMILES string of the molecule is CC=CCCC=CC(O)CC. The van der Waals surface area contributed by atoms with E-state index < -0.39 is 0 Å². The fourth-order valence-corrected chi connectivity index (χ4v) is 0.749. The summed E-state index contributed by atoms with van der Waals surface area (Å²) in [6.45, 7) is 3.99. The molecule has 0 aromatic rings. The predicted molar refractivity (Wildman–Crippen MR) is 49.5 cm³/mol. The van der Waals surface area contributed by atoms with Crippen molar-refractivity contribution >= 4 is 0 Å². The number of aliphatic hydroxyl groups is 1. The molecule has 0 aromatic heterocycles. The summed E-state index contributed by atoms with van der Waals surface area (Å²) in [6, 6.07) is 0. The average Bonchev–Trinajstić information content (AvgIpc) is 2.04. The quantitative estimate of drug-likeness (QED) is 0.477. The van der Waals surface area contributed by atoms with Gasteiger partial charge in [-0.15, -0.1) is 0 Å². The van der Waals surface area contributed by atoms with Gasteiger partial charge in [0.05, 0.1) is 6.10 Å². The van der Waals surface area contributed by atoms with E-state index in [2.05, 4.69) is 6.08 Å².